The normalized spacial score (nSPS) is 10.7. The molecule has 124 valence electrons. The van der Waals surface area contributed by atoms with Gasteiger partial charge in [-0.05, 0) is 18.3 Å². The summed E-state index contributed by atoms with van der Waals surface area (Å²) in [4.78, 5) is 30.0. The van der Waals surface area contributed by atoms with Crippen LogP contribution in [-0.2, 0) is 17.9 Å². The van der Waals surface area contributed by atoms with Crippen LogP contribution in [0.1, 0.15) is 24.5 Å². The molecule has 0 radical (unpaired) electrons. The highest BCUT2D eigenvalue weighted by Crippen LogP contribution is 2.12. The third-order valence-electron chi connectivity index (χ3n) is 3.32. The van der Waals surface area contributed by atoms with Gasteiger partial charge in [0, 0.05) is 19.9 Å². The number of aryl methyl sites for hydroxylation is 3. The van der Waals surface area contributed by atoms with Gasteiger partial charge >= 0.3 is 5.82 Å². The molecule has 0 aromatic carbocycles. The predicted octanol–water partition coefficient (Wildman–Crippen LogP) is 0.596. The first-order valence-electron chi connectivity index (χ1n) is 7.26. The number of rotatable bonds is 8. The van der Waals surface area contributed by atoms with E-state index >= 15 is 0 Å². The lowest BCUT2D eigenvalue weighted by Gasteiger charge is -2.06. The van der Waals surface area contributed by atoms with Crippen LogP contribution >= 0.6 is 0 Å². The Morgan fingerprint density at radius 2 is 2.13 bits per heavy atom. The van der Waals surface area contributed by atoms with Crippen LogP contribution in [0.3, 0.4) is 0 Å². The van der Waals surface area contributed by atoms with E-state index in [1.165, 1.54) is 10.8 Å². The van der Waals surface area contributed by atoms with E-state index in [1.807, 2.05) is 0 Å². The molecule has 0 fully saturated rings. The molecule has 2 aromatic heterocycles. The summed E-state index contributed by atoms with van der Waals surface area (Å²) in [5, 5.41) is 17.7. The van der Waals surface area contributed by atoms with Crippen LogP contribution in [0.15, 0.2) is 12.5 Å². The fraction of sp³-hybridized carbons (Fsp3) is 0.538. The molecule has 0 aliphatic carbocycles. The van der Waals surface area contributed by atoms with Crippen molar-refractivity contribution in [3.63, 3.8) is 0 Å². The minimum Gasteiger partial charge on any atom is -0.358 e. The molecule has 2 rings (SSSR count). The third kappa shape index (κ3) is 4.59. The molecule has 0 aliphatic heterocycles. The van der Waals surface area contributed by atoms with Gasteiger partial charge in [-0.25, -0.2) is 14.5 Å². The summed E-state index contributed by atoms with van der Waals surface area (Å²) >= 11 is 0. The molecule has 0 unspecified atom stereocenters. The van der Waals surface area contributed by atoms with E-state index in [0.717, 1.165) is 0 Å². The lowest BCUT2D eigenvalue weighted by atomic mass is 10.3. The van der Waals surface area contributed by atoms with Crippen molar-refractivity contribution in [1.29, 1.82) is 0 Å². The summed E-state index contributed by atoms with van der Waals surface area (Å²) in [6, 6.07) is 0. The van der Waals surface area contributed by atoms with Gasteiger partial charge in [-0.1, -0.05) is 0 Å². The summed E-state index contributed by atoms with van der Waals surface area (Å²) in [5.74, 6) is 1.08. The van der Waals surface area contributed by atoms with Crippen molar-refractivity contribution >= 4 is 11.7 Å². The van der Waals surface area contributed by atoms with Gasteiger partial charge in [0.05, 0.1) is 6.54 Å². The van der Waals surface area contributed by atoms with E-state index in [2.05, 4.69) is 20.4 Å². The zero-order valence-electron chi connectivity index (χ0n) is 13.1. The maximum absolute atomic E-state index is 11.8. The molecule has 0 aliphatic rings. The number of hydrogen-bond acceptors (Lipinski definition) is 6. The number of nitro groups is 1. The van der Waals surface area contributed by atoms with Crippen LogP contribution in [0, 0.1) is 24.0 Å². The Bertz CT molecular complexity index is 692. The van der Waals surface area contributed by atoms with Gasteiger partial charge in [0.15, 0.2) is 5.82 Å². The number of hydrogen-bond donors (Lipinski definition) is 1. The predicted molar refractivity (Wildman–Crippen MR) is 80.6 cm³/mol. The molecular weight excluding hydrogens is 302 g/mol. The molecule has 10 nitrogen and oxygen atoms in total. The fourth-order valence-corrected chi connectivity index (χ4v) is 2.17. The van der Waals surface area contributed by atoms with Crippen molar-refractivity contribution in [3.8, 4) is 0 Å². The SMILES string of the molecule is Cc1ncn(CCCC(=O)NCCn2c([N+](=O)[O-])cnc2C)n1. The zero-order valence-corrected chi connectivity index (χ0v) is 13.1. The number of imidazole rings is 1. The van der Waals surface area contributed by atoms with Crippen LogP contribution in [0.25, 0.3) is 0 Å². The largest absolute Gasteiger partial charge is 0.358 e. The molecule has 10 heteroatoms. The summed E-state index contributed by atoms with van der Waals surface area (Å²) < 4.78 is 3.17. The molecule has 0 atom stereocenters. The van der Waals surface area contributed by atoms with Crippen molar-refractivity contribution in [3.05, 3.63) is 34.3 Å². The van der Waals surface area contributed by atoms with Crippen molar-refractivity contribution in [2.24, 2.45) is 0 Å². The summed E-state index contributed by atoms with van der Waals surface area (Å²) in [6.45, 7) is 4.76. The van der Waals surface area contributed by atoms with Crippen LogP contribution < -0.4 is 5.32 Å². The van der Waals surface area contributed by atoms with E-state index in [9.17, 15) is 14.9 Å². The van der Waals surface area contributed by atoms with Crippen LogP contribution in [-0.4, -0.2) is 41.7 Å². The number of aromatic nitrogens is 5. The molecule has 0 spiro atoms. The molecule has 2 aromatic rings. The minimum atomic E-state index is -0.484. The second-order valence-corrected chi connectivity index (χ2v) is 5.08. The van der Waals surface area contributed by atoms with E-state index in [0.29, 0.717) is 44.1 Å². The fourth-order valence-electron chi connectivity index (χ4n) is 2.17. The Kier molecular flexibility index (Phi) is 5.39. The van der Waals surface area contributed by atoms with E-state index in [1.54, 1.807) is 24.9 Å². The molecule has 0 saturated carbocycles. The van der Waals surface area contributed by atoms with E-state index in [-0.39, 0.29) is 11.7 Å². The molecule has 1 amide bonds. The van der Waals surface area contributed by atoms with Crippen molar-refractivity contribution in [1.82, 2.24) is 29.6 Å². The first-order valence-corrected chi connectivity index (χ1v) is 7.26. The quantitative estimate of drug-likeness (QED) is 0.561. The topological polar surface area (TPSA) is 121 Å². The zero-order chi connectivity index (χ0) is 16.8. The third-order valence-corrected chi connectivity index (χ3v) is 3.32. The first-order chi connectivity index (χ1) is 11.0. The Morgan fingerprint density at radius 3 is 2.78 bits per heavy atom. The Hall–Kier alpha value is -2.78. The van der Waals surface area contributed by atoms with Gasteiger partial charge in [-0.3, -0.25) is 9.48 Å². The number of amides is 1. The Morgan fingerprint density at radius 1 is 1.35 bits per heavy atom. The van der Waals surface area contributed by atoms with Gasteiger partial charge in [-0.15, -0.1) is 0 Å². The number of carbonyl (C=O) groups excluding carboxylic acids is 1. The van der Waals surface area contributed by atoms with Gasteiger partial charge in [0.1, 0.15) is 24.9 Å². The molecule has 0 saturated heterocycles. The molecule has 23 heavy (non-hydrogen) atoms. The monoisotopic (exact) mass is 321 g/mol. The standard InChI is InChI=1S/C13H19N7O3/c1-10-16-9-18(17-10)6-3-4-12(21)14-5-7-19-11(2)15-8-13(19)20(22)23/h8-9H,3-7H2,1-2H3,(H,14,21). The second kappa shape index (κ2) is 7.47. The second-order valence-electron chi connectivity index (χ2n) is 5.08. The van der Waals surface area contributed by atoms with Gasteiger partial charge in [0.25, 0.3) is 0 Å². The highest BCUT2D eigenvalue weighted by atomic mass is 16.6. The van der Waals surface area contributed by atoms with E-state index < -0.39 is 4.92 Å². The smallest absolute Gasteiger partial charge is 0.342 e. The van der Waals surface area contributed by atoms with Gasteiger partial charge in [0.2, 0.25) is 5.91 Å². The number of nitrogens with one attached hydrogen (secondary N) is 1. The maximum atomic E-state index is 11.8. The summed E-state index contributed by atoms with van der Waals surface area (Å²) in [6.07, 6.45) is 3.87. The minimum absolute atomic E-state index is 0.0710. The first kappa shape index (κ1) is 16.6. The van der Waals surface area contributed by atoms with Crippen molar-refractivity contribution in [2.45, 2.75) is 39.8 Å². The highest BCUT2D eigenvalue weighted by Gasteiger charge is 2.16. The molecular formula is C13H19N7O3. The number of carbonyl (C=O) groups is 1. The van der Waals surface area contributed by atoms with Crippen LogP contribution in [0.5, 0.6) is 0 Å². The van der Waals surface area contributed by atoms with Crippen molar-refractivity contribution in [2.75, 3.05) is 6.54 Å². The lowest BCUT2D eigenvalue weighted by Crippen LogP contribution is -2.27. The molecule has 1 N–H and O–H groups in total. The maximum Gasteiger partial charge on any atom is 0.342 e. The molecule has 2 heterocycles. The average molecular weight is 321 g/mol. The van der Waals surface area contributed by atoms with Crippen LogP contribution in [0.4, 0.5) is 5.82 Å². The average Bonchev–Trinajstić information content (AvgIpc) is 3.06. The lowest BCUT2D eigenvalue weighted by molar-refractivity contribution is -0.392. The summed E-state index contributed by atoms with van der Waals surface area (Å²) in [5.41, 5.74) is 0. The molecule has 0 bridgehead atoms. The Balaban J connectivity index is 1.71. The highest BCUT2D eigenvalue weighted by molar-refractivity contribution is 5.75. The van der Waals surface area contributed by atoms with Crippen LogP contribution in [0.2, 0.25) is 0 Å². The number of nitrogens with zero attached hydrogens (tertiary/aromatic N) is 6. The Labute approximate surface area is 132 Å². The van der Waals surface area contributed by atoms with Gasteiger partial charge < -0.3 is 15.4 Å². The van der Waals surface area contributed by atoms with Gasteiger partial charge in [-0.2, -0.15) is 5.10 Å². The summed E-state index contributed by atoms with van der Waals surface area (Å²) in [7, 11) is 0. The van der Waals surface area contributed by atoms with E-state index in [4.69, 9.17) is 0 Å². The van der Waals surface area contributed by atoms with Crippen molar-refractivity contribution < 1.29 is 9.72 Å².